The summed E-state index contributed by atoms with van der Waals surface area (Å²) in [6.07, 6.45) is -4.48. The summed E-state index contributed by atoms with van der Waals surface area (Å²) < 4.78 is 52.3. The molecule has 1 aromatic heterocycles. The summed E-state index contributed by atoms with van der Waals surface area (Å²) in [5.41, 5.74) is 0.00472. The number of nitrogens with one attached hydrogen (secondary N) is 1. The highest BCUT2D eigenvalue weighted by atomic mass is 19.4. The second-order valence-electron chi connectivity index (χ2n) is 4.62. The van der Waals surface area contributed by atoms with Gasteiger partial charge in [-0.25, -0.2) is 9.37 Å². The van der Waals surface area contributed by atoms with Gasteiger partial charge in [-0.05, 0) is 37.6 Å². The third-order valence-electron chi connectivity index (χ3n) is 2.98. The molecule has 0 aliphatic rings. The van der Waals surface area contributed by atoms with E-state index in [2.05, 4.69) is 10.3 Å². The molecule has 1 heterocycles. The van der Waals surface area contributed by atoms with E-state index in [-0.39, 0.29) is 11.5 Å². The molecule has 1 N–H and O–H groups in total. The van der Waals surface area contributed by atoms with Crippen LogP contribution in [0, 0.1) is 12.7 Å². The number of hydrogen-bond acceptors (Lipinski definition) is 2. The van der Waals surface area contributed by atoms with Gasteiger partial charge in [0, 0.05) is 12.1 Å². The van der Waals surface area contributed by atoms with Crippen LogP contribution >= 0.6 is 0 Å². The molecule has 0 bridgehead atoms. The maximum atomic E-state index is 13.6. The molecule has 0 aliphatic carbocycles. The number of halogens is 4. The molecule has 0 saturated carbocycles. The minimum Gasteiger partial charge on any atom is -0.370 e. The Morgan fingerprint density at radius 2 is 1.86 bits per heavy atom. The van der Waals surface area contributed by atoms with E-state index < -0.39 is 17.6 Å². The molecular weight excluding hydrogens is 284 g/mol. The van der Waals surface area contributed by atoms with Gasteiger partial charge in [0.15, 0.2) is 0 Å². The number of rotatable bonds is 3. The topological polar surface area (TPSA) is 24.9 Å². The van der Waals surface area contributed by atoms with Crippen LogP contribution in [0.4, 0.5) is 23.4 Å². The minimum absolute atomic E-state index is 0.0830. The normalized spacial score (nSPS) is 11.5. The first-order valence-corrected chi connectivity index (χ1v) is 6.41. The average molecular weight is 298 g/mol. The third-order valence-corrected chi connectivity index (χ3v) is 2.98. The van der Waals surface area contributed by atoms with Crippen molar-refractivity contribution in [2.75, 3.05) is 11.9 Å². The van der Waals surface area contributed by atoms with Crippen LogP contribution in [0.15, 0.2) is 30.3 Å². The van der Waals surface area contributed by atoms with Crippen LogP contribution in [0.5, 0.6) is 0 Å². The molecule has 2 nitrogen and oxygen atoms in total. The second kappa shape index (κ2) is 5.71. The van der Waals surface area contributed by atoms with E-state index >= 15 is 0 Å². The lowest BCUT2D eigenvalue weighted by Gasteiger charge is -2.12. The Bertz CT molecular complexity index is 651. The molecule has 2 rings (SSSR count). The van der Waals surface area contributed by atoms with E-state index in [0.29, 0.717) is 17.7 Å². The van der Waals surface area contributed by atoms with Gasteiger partial charge in [-0.15, -0.1) is 0 Å². The Morgan fingerprint density at radius 3 is 2.43 bits per heavy atom. The van der Waals surface area contributed by atoms with Crippen molar-refractivity contribution in [2.45, 2.75) is 20.0 Å². The molecule has 6 heteroatoms. The number of pyridine rings is 1. The Kier molecular flexibility index (Phi) is 4.16. The fourth-order valence-electron chi connectivity index (χ4n) is 1.87. The van der Waals surface area contributed by atoms with Crippen LogP contribution in [-0.2, 0) is 6.18 Å². The summed E-state index contributed by atoms with van der Waals surface area (Å²) >= 11 is 0. The molecule has 21 heavy (non-hydrogen) atoms. The molecule has 0 radical (unpaired) electrons. The fraction of sp³-hybridized carbons (Fsp3) is 0.267. The largest absolute Gasteiger partial charge is 0.416 e. The van der Waals surface area contributed by atoms with Crippen LogP contribution < -0.4 is 5.32 Å². The highest BCUT2D eigenvalue weighted by Crippen LogP contribution is 2.33. The summed E-state index contributed by atoms with van der Waals surface area (Å²) in [6, 6.07) is 6.12. The van der Waals surface area contributed by atoms with Crippen LogP contribution in [0.25, 0.3) is 11.3 Å². The van der Waals surface area contributed by atoms with Crippen LogP contribution in [0.3, 0.4) is 0 Å². The number of anilines is 1. The third kappa shape index (κ3) is 3.51. The van der Waals surface area contributed by atoms with E-state index in [0.717, 1.165) is 12.1 Å². The molecule has 2 aromatic rings. The highest BCUT2D eigenvalue weighted by Gasteiger charge is 2.31. The van der Waals surface area contributed by atoms with Crippen LogP contribution in [-0.4, -0.2) is 11.5 Å². The summed E-state index contributed by atoms with van der Waals surface area (Å²) in [5, 5.41) is 2.75. The number of aromatic nitrogens is 1. The van der Waals surface area contributed by atoms with Gasteiger partial charge < -0.3 is 5.32 Å². The lowest BCUT2D eigenvalue weighted by molar-refractivity contribution is -0.137. The fourth-order valence-corrected chi connectivity index (χ4v) is 1.87. The van der Waals surface area contributed by atoms with Gasteiger partial charge in [-0.3, -0.25) is 0 Å². The predicted octanol–water partition coefficient (Wildman–Crippen LogP) is 4.65. The summed E-state index contributed by atoms with van der Waals surface area (Å²) in [5.74, 6) is -0.361. The van der Waals surface area contributed by atoms with Gasteiger partial charge in [0.2, 0.25) is 0 Å². The lowest BCUT2D eigenvalue weighted by atomic mass is 10.1. The van der Waals surface area contributed by atoms with Crippen molar-refractivity contribution in [3.05, 3.63) is 47.3 Å². The van der Waals surface area contributed by atoms with Crippen molar-refractivity contribution in [3.63, 3.8) is 0 Å². The zero-order valence-corrected chi connectivity index (χ0v) is 11.6. The van der Waals surface area contributed by atoms with Gasteiger partial charge in [-0.1, -0.05) is 12.1 Å². The monoisotopic (exact) mass is 298 g/mol. The summed E-state index contributed by atoms with van der Waals surface area (Å²) in [7, 11) is 0. The van der Waals surface area contributed by atoms with E-state index in [4.69, 9.17) is 0 Å². The van der Waals surface area contributed by atoms with E-state index in [9.17, 15) is 17.6 Å². The molecule has 0 saturated heterocycles. The Labute approximate surface area is 119 Å². The number of hydrogen-bond donors (Lipinski definition) is 1. The quantitative estimate of drug-likeness (QED) is 0.835. The molecular formula is C15H14F4N2. The average Bonchev–Trinajstić information content (AvgIpc) is 2.41. The number of aryl methyl sites for hydroxylation is 1. The Hall–Kier alpha value is -2.11. The van der Waals surface area contributed by atoms with Gasteiger partial charge in [0.05, 0.1) is 11.3 Å². The standard InChI is InChI=1S/C15H14F4N2/c1-3-20-14-8-11(15(17,18)19)7-13(21-14)10-5-4-9(2)12(16)6-10/h4-8H,3H2,1-2H3,(H,20,21). The first-order chi connectivity index (χ1) is 9.81. The minimum atomic E-state index is -4.48. The van der Waals surface area contributed by atoms with E-state index in [1.165, 1.54) is 12.1 Å². The Morgan fingerprint density at radius 1 is 1.14 bits per heavy atom. The maximum Gasteiger partial charge on any atom is 0.416 e. The van der Waals surface area contributed by atoms with Crippen molar-refractivity contribution in [2.24, 2.45) is 0 Å². The van der Waals surface area contributed by atoms with Gasteiger partial charge in [0.25, 0.3) is 0 Å². The van der Waals surface area contributed by atoms with E-state index in [1.807, 2.05) is 0 Å². The van der Waals surface area contributed by atoms with Crippen LogP contribution in [0.2, 0.25) is 0 Å². The van der Waals surface area contributed by atoms with Crippen molar-refractivity contribution >= 4 is 5.82 Å². The number of nitrogens with zero attached hydrogens (tertiary/aromatic N) is 1. The van der Waals surface area contributed by atoms with Crippen molar-refractivity contribution < 1.29 is 17.6 Å². The van der Waals surface area contributed by atoms with Gasteiger partial charge in [-0.2, -0.15) is 13.2 Å². The zero-order chi connectivity index (χ0) is 15.6. The number of alkyl halides is 3. The summed E-state index contributed by atoms with van der Waals surface area (Å²) in [6.45, 7) is 3.78. The molecule has 112 valence electrons. The van der Waals surface area contributed by atoms with Crippen molar-refractivity contribution in [1.82, 2.24) is 4.98 Å². The van der Waals surface area contributed by atoms with Gasteiger partial charge >= 0.3 is 6.18 Å². The van der Waals surface area contributed by atoms with Crippen molar-refractivity contribution in [3.8, 4) is 11.3 Å². The molecule has 0 aliphatic heterocycles. The molecule has 1 aromatic carbocycles. The molecule has 0 amide bonds. The number of benzene rings is 1. The molecule has 0 spiro atoms. The SMILES string of the molecule is CCNc1cc(C(F)(F)F)cc(-c2ccc(C)c(F)c2)n1. The second-order valence-corrected chi connectivity index (χ2v) is 4.62. The maximum absolute atomic E-state index is 13.6. The highest BCUT2D eigenvalue weighted by molar-refractivity contribution is 5.63. The zero-order valence-electron chi connectivity index (χ0n) is 11.6. The Balaban J connectivity index is 2.56. The summed E-state index contributed by atoms with van der Waals surface area (Å²) in [4.78, 5) is 4.10. The predicted molar refractivity (Wildman–Crippen MR) is 73.5 cm³/mol. The molecule has 0 unspecified atom stereocenters. The van der Waals surface area contributed by atoms with E-state index in [1.54, 1.807) is 19.9 Å². The lowest BCUT2D eigenvalue weighted by Crippen LogP contribution is -2.08. The smallest absolute Gasteiger partial charge is 0.370 e. The molecule has 0 fully saturated rings. The molecule has 0 atom stereocenters. The first-order valence-electron chi connectivity index (χ1n) is 6.41. The first kappa shape index (κ1) is 15.3. The van der Waals surface area contributed by atoms with Gasteiger partial charge in [0.1, 0.15) is 11.6 Å². The van der Waals surface area contributed by atoms with Crippen molar-refractivity contribution in [1.29, 1.82) is 0 Å². The van der Waals surface area contributed by atoms with Crippen LogP contribution in [0.1, 0.15) is 18.1 Å².